The molecule has 2 aromatic rings. The van der Waals surface area contributed by atoms with Crippen LogP contribution in [0, 0.1) is 6.92 Å². The van der Waals surface area contributed by atoms with Gasteiger partial charge in [0, 0.05) is 18.8 Å². The van der Waals surface area contributed by atoms with Gasteiger partial charge in [-0.05, 0) is 25.5 Å². The minimum atomic E-state index is -0.0791. The second kappa shape index (κ2) is 6.29. The predicted molar refractivity (Wildman–Crippen MR) is 97.8 cm³/mol. The van der Waals surface area contributed by atoms with Gasteiger partial charge in [-0.15, -0.1) is 0 Å². The first-order valence-corrected chi connectivity index (χ1v) is 8.52. The molecule has 4 nitrogen and oxygen atoms in total. The number of hydrogen-bond acceptors (Lipinski definition) is 4. The lowest BCUT2D eigenvalue weighted by molar-refractivity contribution is -0.123. The van der Waals surface area contributed by atoms with Gasteiger partial charge in [0.05, 0.1) is 16.6 Å². The van der Waals surface area contributed by atoms with Crippen LogP contribution < -0.4 is 0 Å². The van der Waals surface area contributed by atoms with E-state index in [2.05, 4.69) is 5.10 Å². The van der Waals surface area contributed by atoms with Gasteiger partial charge in [0.2, 0.25) is 0 Å². The molecule has 0 spiro atoms. The van der Waals surface area contributed by atoms with Crippen LogP contribution in [0.25, 0.3) is 6.08 Å². The number of thiocarbonyl (C=S) groups is 1. The number of amides is 1. The molecule has 0 N–H and O–H groups in total. The summed E-state index contributed by atoms with van der Waals surface area (Å²) >= 11 is 6.78. The summed E-state index contributed by atoms with van der Waals surface area (Å²) in [6, 6.07) is 9.85. The maximum Gasteiger partial charge on any atom is 0.266 e. The van der Waals surface area contributed by atoms with Crippen LogP contribution in [0.2, 0.25) is 0 Å². The lowest BCUT2D eigenvalue weighted by Crippen LogP contribution is -2.30. The van der Waals surface area contributed by atoms with Crippen LogP contribution in [-0.2, 0) is 11.8 Å². The number of hydrogen-bond donors (Lipinski definition) is 0. The third-order valence-electron chi connectivity index (χ3n) is 3.83. The minimum absolute atomic E-state index is 0.0420. The van der Waals surface area contributed by atoms with Gasteiger partial charge >= 0.3 is 0 Å². The Labute approximate surface area is 145 Å². The quantitative estimate of drug-likeness (QED) is 0.629. The molecule has 118 valence electrons. The molecule has 1 fully saturated rings. The van der Waals surface area contributed by atoms with Gasteiger partial charge in [-0.1, -0.05) is 54.3 Å². The fourth-order valence-corrected chi connectivity index (χ4v) is 4.00. The standard InChI is InChI=1S/C17H17N3OS2/c1-11-14(10-19(3)18-11)9-15-16(21)20(17(22)23-15)12(2)13-7-5-4-6-8-13/h4-10,12H,1-3H3/b15-9+/t12-/m1/s1. The Kier molecular flexibility index (Phi) is 4.37. The van der Waals surface area contributed by atoms with E-state index in [0.29, 0.717) is 9.23 Å². The van der Waals surface area contributed by atoms with Crippen molar-refractivity contribution in [2.24, 2.45) is 7.05 Å². The van der Waals surface area contributed by atoms with Gasteiger partial charge in [0.25, 0.3) is 5.91 Å². The molecule has 0 unspecified atom stereocenters. The Morgan fingerprint density at radius 2 is 2.00 bits per heavy atom. The average molecular weight is 343 g/mol. The fraction of sp³-hybridized carbons (Fsp3) is 0.235. The lowest BCUT2D eigenvalue weighted by atomic mass is 10.1. The van der Waals surface area contributed by atoms with Crippen molar-refractivity contribution < 1.29 is 4.79 Å². The number of aryl methyl sites for hydroxylation is 2. The first kappa shape index (κ1) is 16.0. The SMILES string of the molecule is Cc1nn(C)cc1/C=C1/SC(=S)N([C@H](C)c2ccccc2)C1=O. The van der Waals surface area contributed by atoms with E-state index >= 15 is 0 Å². The number of carbonyl (C=O) groups is 1. The highest BCUT2D eigenvalue weighted by atomic mass is 32.2. The van der Waals surface area contributed by atoms with Crippen LogP contribution in [0.3, 0.4) is 0 Å². The predicted octanol–water partition coefficient (Wildman–Crippen LogP) is 3.69. The molecule has 1 aromatic carbocycles. The first-order valence-electron chi connectivity index (χ1n) is 7.29. The van der Waals surface area contributed by atoms with Crippen LogP contribution in [0.4, 0.5) is 0 Å². The Balaban J connectivity index is 1.90. The van der Waals surface area contributed by atoms with Gasteiger partial charge in [0.15, 0.2) is 0 Å². The van der Waals surface area contributed by atoms with Crippen LogP contribution in [-0.4, -0.2) is 24.9 Å². The van der Waals surface area contributed by atoms with Crippen molar-refractivity contribution in [3.05, 3.63) is 58.3 Å². The topological polar surface area (TPSA) is 38.1 Å². The molecule has 6 heteroatoms. The van der Waals surface area contributed by atoms with Crippen LogP contribution >= 0.6 is 24.0 Å². The summed E-state index contributed by atoms with van der Waals surface area (Å²) in [5, 5.41) is 4.30. The minimum Gasteiger partial charge on any atom is -0.286 e. The Morgan fingerprint density at radius 3 is 2.61 bits per heavy atom. The normalized spacial score (nSPS) is 18.0. The number of benzene rings is 1. The van der Waals surface area contributed by atoms with E-state index in [4.69, 9.17) is 12.2 Å². The number of aromatic nitrogens is 2. The van der Waals surface area contributed by atoms with Crippen molar-refractivity contribution in [3.8, 4) is 0 Å². The molecule has 1 aliphatic rings. The third kappa shape index (κ3) is 3.09. The van der Waals surface area contributed by atoms with Crippen LogP contribution in [0.1, 0.15) is 29.8 Å². The fourth-order valence-electron chi connectivity index (χ4n) is 2.60. The molecule has 1 aromatic heterocycles. The monoisotopic (exact) mass is 343 g/mol. The number of carbonyl (C=O) groups excluding carboxylic acids is 1. The number of nitrogens with zero attached hydrogens (tertiary/aromatic N) is 3. The van der Waals surface area contributed by atoms with E-state index in [0.717, 1.165) is 16.8 Å². The van der Waals surface area contributed by atoms with Gasteiger partial charge < -0.3 is 0 Å². The number of thioether (sulfide) groups is 1. The molecule has 1 saturated heterocycles. The molecule has 2 heterocycles. The molecule has 23 heavy (non-hydrogen) atoms. The molecular formula is C17H17N3OS2. The Hall–Kier alpha value is -1.92. The van der Waals surface area contributed by atoms with Crippen molar-refractivity contribution in [1.29, 1.82) is 0 Å². The van der Waals surface area contributed by atoms with Crippen molar-refractivity contribution >= 4 is 40.3 Å². The molecule has 0 aliphatic carbocycles. The molecule has 1 aliphatic heterocycles. The second-order valence-corrected chi connectivity index (χ2v) is 7.16. The molecule has 1 amide bonds. The molecule has 0 bridgehead atoms. The van der Waals surface area contributed by atoms with E-state index in [1.54, 1.807) is 9.58 Å². The zero-order valence-corrected chi connectivity index (χ0v) is 14.8. The highest BCUT2D eigenvalue weighted by molar-refractivity contribution is 8.26. The molecular weight excluding hydrogens is 326 g/mol. The molecule has 0 radical (unpaired) electrons. The summed E-state index contributed by atoms with van der Waals surface area (Å²) in [5.41, 5.74) is 2.91. The summed E-state index contributed by atoms with van der Waals surface area (Å²) in [4.78, 5) is 15.1. The highest BCUT2D eigenvalue weighted by Crippen LogP contribution is 2.38. The summed E-state index contributed by atoms with van der Waals surface area (Å²) in [5.74, 6) is -0.0420. The van der Waals surface area contributed by atoms with Gasteiger partial charge in [-0.2, -0.15) is 5.10 Å². The molecule has 0 saturated carbocycles. The summed E-state index contributed by atoms with van der Waals surface area (Å²) in [6.07, 6.45) is 3.78. The van der Waals surface area contributed by atoms with Crippen molar-refractivity contribution in [2.75, 3.05) is 0 Å². The van der Waals surface area contributed by atoms with E-state index in [1.165, 1.54) is 11.8 Å². The summed E-state index contributed by atoms with van der Waals surface area (Å²) < 4.78 is 2.34. The zero-order valence-electron chi connectivity index (χ0n) is 13.2. The van der Waals surface area contributed by atoms with Crippen molar-refractivity contribution in [2.45, 2.75) is 19.9 Å². The Morgan fingerprint density at radius 1 is 1.30 bits per heavy atom. The highest BCUT2D eigenvalue weighted by Gasteiger charge is 2.36. The Bertz CT molecular complexity index is 795. The van der Waals surface area contributed by atoms with Gasteiger partial charge in [-0.3, -0.25) is 14.4 Å². The number of rotatable bonds is 3. The smallest absolute Gasteiger partial charge is 0.266 e. The summed E-state index contributed by atoms with van der Waals surface area (Å²) in [7, 11) is 1.87. The summed E-state index contributed by atoms with van der Waals surface area (Å²) in [6.45, 7) is 3.93. The van der Waals surface area contributed by atoms with Crippen molar-refractivity contribution in [3.63, 3.8) is 0 Å². The van der Waals surface area contributed by atoms with Crippen LogP contribution in [0.5, 0.6) is 0 Å². The van der Waals surface area contributed by atoms with E-state index in [9.17, 15) is 4.79 Å². The average Bonchev–Trinajstić information content (AvgIpc) is 2.99. The first-order chi connectivity index (χ1) is 11.0. The van der Waals surface area contributed by atoms with Gasteiger partial charge in [-0.25, -0.2) is 0 Å². The van der Waals surface area contributed by atoms with E-state index < -0.39 is 0 Å². The second-order valence-electron chi connectivity index (χ2n) is 5.48. The van der Waals surface area contributed by atoms with E-state index in [-0.39, 0.29) is 11.9 Å². The maximum atomic E-state index is 12.8. The van der Waals surface area contributed by atoms with Crippen molar-refractivity contribution in [1.82, 2.24) is 14.7 Å². The molecule has 3 rings (SSSR count). The molecule has 1 atom stereocenters. The third-order valence-corrected chi connectivity index (χ3v) is 5.16. The van der Waals surface area contributed by atoms with E-state index in [1.807, 2.05) is 63.5 Å². The zero-order chi connectivity index (χ0) is 16.6. The van der Waals surface area contributed by atoms with Crippen LogP contribution in [0.15, 0.2) is 41.4 Å². The van der Waals surface area contributed by atoms with Gasteiger partial charge in [0.1, 0.15) is 4.32 Å². The maximum absolute atomic E-state index is 12.8. The largest absolute Gasteiger partial charge is 0.286 e. The lowest BCUT2D eigenvalue weighted by Gasteiger charge is -2.23.